The Bertz CT molecular complexity index is 1730. The number of halogens is 2. The van der Waals surface area contributed by atoms with Gasteiger partial charge in [0.25, 0.3) is 5.91 Å². The average Bonchev–Trinajstić information content (AvgIpc) is 3.61. The Morgan fingerprint density at radius 3 is 2.40 bits per heavy atom. The minimum absolute atomic E-state index is 0.111. The zero-order valence-electron chi connectivity index (χ0n) is 30.6. The zero-order chi connectivity index (χ0) is 36.8. The number of hydrogen-bond donors (Lipinski definition) is 1. The zero-order valence-corrected chi connectivity index (χ0v) is 32.2. The highest BCUT2D eigenvalue weighted by Gasteiger charge is 2.41. The van der Waals surface area contributed by atoms with Gasteiger partial charge in [0.05, 0.1) is 10.9 Å². The number of anilines is 1. The average molecular weight is 757 g/mol. The Labute approximate surface area is 313 Å². The van der Waals surface area contributed by atoms with E-state index in [1.54, 1.807) is 25.1 Å². The Kier molecular flexibility index (Phi) is 12.9. The van der Waals surface area contributed by atoms with E-state index in [1.807, 2.05) is 23.1 Å². The van der Waals surface area contributed by atoms with Gasteiger partial charge in [0.1, 0.15) is 24.2 Å². The summed E-state index contributed by atoms with van der Waals surface area (Å²) in [5, 5.41) is -0.319. The van der Waals surface area contributed by atoms with Crippen LogP contribution in [0.4, 0.5) is 10.1 Å². The van der Waals surface area contributed by atoms with Gasteiger partial charge in [0.15, 0.2) is 0 Å². The molecule has 4 aliphatic rings. The van der Waals surface area contributed by atoms with Crippen molar-refractivity contribution in [2.24, 2.45) is 5.92 Å². The molecule has 0 unspecified atom stereocenters. The molecule has 0 spiro atoms. The molecule has 0 saturated carbocycles. The molecule has 1 N–H and O–H groups in total. The van der Waals surface area contributed by atoms with Crippen LogP contribution in [0.3, 0.4) is 0 Å². The van der Waals surface area contributed by atoms with E-state index in [9.17, 15) is 18.0 Å². The lowest BCUT2D eigenvalue weighted by Crippen LogP contribution is -2.53. The number of benzene rings is 2. The number of amides is 2. The molecule has 52 heavy (non-hydrogen) atoms. The summed E-state index contributed by atoms with van der Waals surface area (Å²) in [7, 11) is -4.12. The molecule has 2 aromatic carbocycles. The summed E-state index contributed by atoms with van der Waals surface area (Å²) in [6, 6.07) is 9.66. The molecule has 2 bridgehead atoms. The number of carbonyl (C=O) groups is 2. The van der Waals surface area contributed by atoms with E-state index in [1.165, 1.54) is 13.0 Å². The van der Waals surface area contributed by atoms with E-state index in [0.717, 1.165) is 81.8 Å². The number of hydrogen-bond acceptors (Lipinski definition) is 7. The smallest absolute Gasteiger partial charge is 0.264 e. The van der Waals surface area contributed by atoms with Gasteiger partial charge in [-0.1, -0.05) is 56.4 Å². The first-order valence-electron chi connectivity index (χ1n) is 19.3. The molecule has 0 radical (unpaired) electrons. The fourth-order valence-electron chi connectivity index (χ4n) is 8.15. The predicted octanol–water partition coefficient (Wildman–Crippen LogP) is 7.42. The van der Waals surface area contributed by atoms with E-state index >= 15 is 4.39 Å². The second-order valence-electron chi connectivity index (χ2n) is 15.2. The number of aryl methyl sites for hydroxylation is 1. The van der Waals surface area contributed by atoms with Gasteiger partial charge < -0.3 is 14.5 Å². The molecule has 2 aromatic rings. The number of sulfonamides is 1. The summed E-state index contributed by atoms with van der Waals surface area (Å²) in [4.78, 5) is 34.2. The van der Waals surface area contributed by atoms with E-state index in [0.29, 0.717) is 55.8 Å². The number of fused-ring (bicyclic) bond motifs is 3. The van der Waals surface area contributed by atoms with Crippen molar-refractivity contribution >= 4 is 39.1 Å². The van der Waals surface area contributed by atoms with Gasteiger partial charge in [-0.3, -0.25) is 14.5 Å². The van der Waals surface area contributed by atoms with Crippen LogP contribution in [0.15, 0.2) is 48.3 Å². The quantitative estimate of drug-likeness (QED) is 0.324. The molecule has 2 saturated heterocycles. The van der Waals surface area contributed by atoms with Crippen LogP contribution < -0.4 is 14.4 Å². The second-order valence-corrected chi connectivity index (χ2v) is 17.6. The van der Waals surface area contributed by atoms with Crippen molar-refractivity contribution in [2.45, 2.75) is 115 Å². The van der Waals surface area contributed by atoms with Gasteiger partial charge in [-0.2, -0.15) is 0 Å². The Morgan fingerprint density at radius 1 is 0.904 bits per heavy atom. The van der Waals surface area contributed by atoms with Crippen molar-refractivity contribution in [3.63, 3.8) is 0 Å². The van der Waals surface area contributed by atoms with Gasteiger partial charge in [0.2, 0.25) is 15.9 Å². The number of allylic oxidation sites excluding steroid dienone is 1. The third-order valence-corrected chi connectivity index (χ3v) is 13.7. The van der Waals surface area contributed by atoms with Crippen LogP contribution >= 0.6 is 11.6 Å². The third-order valence-electron chi connectivity index (χ3n) is 11.5. The third kappa shape index (κ3) is 9.13. The highest BCUT2D eigenvalue weighted by atomic mass is 35.5. The maximum Gasteiger partial charge on any atom is 0.264 e. The first kappa shape index (κ1) is 38.6. The van der Waals surface area contributed by atoms with Gasteiger partial charge in [0, 0.05) is 42.8 Å². The molecule has 6 rings (SSSR count). The van der Waals surface area contributed by atoms with Gasteiger partial charge in [-0.05, 0) is 112 Å². The van der Waals surface area contributed by atoms with Crippen molar-refractivity contribution < 1.29 is 27.1 Å². The van der Waals surface area contributed by atoms with Gasteiger partial charge in [-0.25, -0.2) is 17.5 Å². The topological polar surface area (TPSA) is 99.3 Å². The first-order valence-corrected chi connectivity index (χ1v) is 21.2. The number of nitrogens with zero attached hydrogens (tertiary/aromatic N) is 3. The summed E-state index contributed by atoms with van der Waals surface area (Å²) in [6.07, 6.45) is 11.9. The first-order chi connectivity index (χ1) is 25.0. The van der Waals surface area contributed by atoms with Crippen LogP contribution in [0.25, 0.3) is 0 Å². The van der Waals surface area contributed by atoms with Crippen LogP contribution in [0.2, 0.25) is 5.02 Å². The molecule has 2 amide bonds. The van der Waals surface area contributed by atoms with Gasteiger partial charge >= 0.3 is 0 Å². The molecule has 4 aliphatic heterocycles. The van der Waals surface area contributed by atoms with Crippen molar-refractivity contribution in [2.75, 3.05) is 37.6 Å². The van der Waals surface area contributed by atoms with Crippen LogP contribution in [-0.2, 0) is 27.8 Å². The largest absolute Gasteiger partial charge is 0.487 e. The summed E-state index contributed by atoms with van der Waals surface area (Å²) in [5.74, 6) is -1.41. The fourth-order valence-corrected chi connectivity index (χ4v) is 9.63. The number of ether oxygens (including phenoxy) is 1. The summed E-state index contributed by atoms with van der Waals surface area (Å²) in [6.45, 7) is 6.47. The van der Waals surface area contributed by atoms with Gasteiger partial charge in [-0.15, -0.1) is 0 Å². The summed E-state index contributed by atoms with van der Waals surface area (Å²) >= 11 is 6.37. The predicted molar refractivity (Wildman–Crippen MR) is 204 cm³/mol. The maximum absolute atomic E-state index is 16.8. The molecule has 12 heteroatoms. The number of nitrogens with one attached hydrogen (secondary N) is 1. The fraction of sp³-hybridized carbons (Fsp3) is 0.600. The molecular weight excluding hydrogens is 703 g/mol. The Hall–Kier alpha value is -3.15. The van der Waals surface area contributed by atoms with E-state index in [-0.39, 0.29) is 23.9 Å². The number of rotatable bonds is 1. The molecule has 9 nitrogen and oxygen atoms in total. The molecular formula is C40H54ClFN4O5S. The normalized spacial score (nSPS) is 27.9. The maximum atomic E-state index is 16.8. The molecule has 284 valence electrons. The second kappa shape index (κ2) is 17.3. The highest BCUT2D eigenvalue weighted by molar-refractivity contribution is 7.90. The molecule has 2 fully saturated rings. The standard InChI is InChI=1S/C40H54ClFN4O5S/c1-28-14-18-35(42)38(40(48)44-20-8-5-3-4-6-9-21-44)46-23-11-13-34(46)26-45-22-10-7-12-30-24-33(41)17-15-32(30)27-51-37-19-16-31(25-36(37)45)39(47)43-52(49,50)29(28)2/h15-19,24-25,28-29,34,38H,3-14,20-23,26-27H2,1-2H3,(H,43,47)/b35-18-/t28-,29+,34-,38+/m0/s1. The lowest BCUT2D eigenvalue weighted by atomic mass is 10.0. The van der Waals surface area contributed by atoms with E-state index in [2.05, 4.69) is 14.5 Å². The summed E-state index contributed by atoms with van der Waals surface area (Å²) in [5.41, 5.74) is 3.03. The molecule has 0 aliphatic carbocycles. The van der Waals surface area contributed by atoms with Crippen LogP contribution in [0.5, 0.6) is 5.75 Å². The van der Waals surface area contributed by atoms with Crippen LogP contribution in [0, 0.1) is 5.92 Å². The van der Waals surface area contributed by atoms with Crippen LogP contribution in [0.1, 0.15) is 106 Å². The van der Waals surface area contributed by atoms with Crippen molar-refractivity contribution in [3.8, 4) is 5.75 Å². The van der Waals surface area contributed by atoms with E-state index in [4.69, 9.17) is 16.3 Å². The summed E-state index contributed by atoms with van der Waals surface area (Å²) < 4.78 is 52.6. The number of carbonyl (C=O) groups excluding carboxylic acids is 2. The van der Waals surface area contributed by atoms with E-state index < -0.39 is 39.0 Å². The molecule has 4 atom stereocenters. The minimum atomic E-state index is -4.12. The Balaban J connectivity index is 1.41. The van der Waals surface area contributed by atoms with Crippen LogP contribution in [-0.4, -0.2) is 80.1 Å². The minimum Gasteiger partial charge on any atom is -0.487 e. The van der Waals surface area contributed by atoms with Crippen molar-refractivity contribution in [1.82, 2.24) is 14.5 Å². The Morgan fingerprint density at radius 2 is 1.63 bits per heavy atom. The van der Waals surface area contributed by atoms with Crippen molar-refractivity contribution in [1.29, 1.82) is 0 Å². The monoisotopic (exact) mass is 756 g/mol. The lowest BCUT2D eigenvalue weighted by Gasteiger charge is -2.38. The highest BCUT2D eigenvalue weighted by Crippen LogP contribution is 2.36. The molecule has 0 aromatic heterocycles. The van der Waals surface area contributed by atoms with Crippen molar-refractivity contribution in [3.05, 3.63) is 70.0 Å². The molecule has 4 heterocycles. The lowest BCUT2D eigenvalue weighted by molar-refractivity contribution is -0.136. The SMILES string of the molecule is C[C@@H]1[C@@H](C)C/C=C(\F)[C@H](C(=O)N2CCCCCCCC2)N2CCC[C@H]2CN2CCCCc3cc(Cl)ccc3COc3ccc(cc32)C(=O)NS1(=O)=O.